The molecule has 190 valence electrons. The van der Waals surface area contributed by atoms with Gasteiger partial charge in [0.25, 0.3) is 17.1 Å². The molecule has 3 amide bonds. The summed E-state index contributed by atoms with van der Waals surface area (Å²) in [4.78, 5) is 38.8. The van der Waals surface area contributed by atoms with Crippen LogP contribution in [0.1, 0.15) is 16.7 Å². The number of carbonyl (C=O) groups excluding carboxylic acids is 3. The maximum absolute atomic E-state index is 12.7. The van der Waals surface area contributed by atoms with Crippen LogP contribution in [0.25, 0.3) is 6.08 Å². The van der Waals surface area contributed by atoms with Gasteiger partial charge in [0.1, 0.15) is 18.1 Å². The number of para-hydroxylation sites is 1. The summed E-state index contributed by atoms with van der Waals surface area (Å²) in [6.07, 6.45) is 1.65. The van der Waals surface area contributed by atoms with Gasteiger partial charge in [-0.15, -0.1) is 0 Å². The van der Waals surface area contributed by atoms with Crippen LogP contribution in [0.5, 0.6) is 11.5 Å². The van der Waals surface area contributed by atoms with Crippen molar-refractivity contribution in [1.82, 2.24) is 4.90 Å². The second-order valence-electron chi connectivity index (χ2n) is 8.27. The van der Waals surface area contributed by atoms with Crippen LogP contribution in [0.4, 0.5) is 10.5 Å². The van der Waals surface area contributed by atoms with E-state index in [-0.39, 0.29) is 36.8 Å². The van der Waals surface area contributed by atoms with Crippen molar-refractivity contribution < 1.29 is 23.9 Å². The molecule has 4 rings (SSSR count). The van der Waals surface area contributed by atoms with Gasteiger partial charge in [-0.05, 0) is 78.7 Å². The molecule has 0 saturated carbocycles. The van der Waals surface area contributed by atoms with Gasteiger partial charge in [-0.25, -0.2) is 0 Å². The number of benzene rings is 3. The maximum Gasteiger partial charge on any atom is 0.293 e. The highest BCUT2D eigenvalue weighted by molar-refractivity contribution is 8.18. The first-order valence-corrected chi connectivity index (χ1v) is 12.7. The molecule has 0 unspecified atom stereocenters. The summed E-state index contributed by atoms with van der Waals surface area (Å²) in [6.45, 7) is 4.05. The summed E-state index contributed by atoms with van der Waals surface area (Å²) < 4.78 is 11.2. The normalized spacial score (nSPS) is 14.2. The van der Waals surface area contributed by atoms with Crippen LogP contribution < -0.4 is 14.8 Å². The molecule has 0 atom stereocenters. The first-order valence-electron chi connectivity index (χ1n) is 11.5. The SMILES string of the molecule is Cc1cccc(NC(=O)COc2ccc(/C=C3\SC(=O)N(CCOc4ccccc4Cl)C3=O)cc2)c1C. The van der Waals surface area contributed by atoms with Gasteiger partial charge in [0.2, 0.25) is 0 Å². The van der Waals surface area contributed by atoms with Crippen molar-refractivity contribution in [1.29, 1.82) is 0 Å². The predicted octanol–water partition coefficient (Wildman–Crippen LogP) is 6.09. The van der Waals surface area contributed by atoms with Crippen LogP contribution >= 0.6 is 23.4 Å². The Labute approximate surface area is 224 Å². The number of aryl methyl sites for hydroxylation is 1. The molecule has 0 aromatic heterocycles. The lowest BCUT2D eigenvalue weighted by Gasteiger charge is -2.13. The fourth-order valence-electron chi connectivity index (χ4n) is 3.53. The highest BCUT2D eigenvalue weighted by Crippen LogP contribution is 2.32. The minimum atomic E-state index is -0.374. The maximum atomic E-state index is 12.7. The molecule has 7 nitrogen and oxygen atoms in total. The molecule has 1 aliphatic heterocycles. The number of thioether (sulfide) groups is 1. The van der Waals surface area contributed by atoms with E-state index in [1.807, 2.05) is 32.0 Å². The van der Waals surface area contributed by atoms with Crippen molar-refractivity contribution in [3.63, 3.8) is 0 Å². The minimum absolute atomic E-state index is 0.115. The van der Waals surface area contributed by atoms with E-state index in [0.29, 0.717) is 21.4 Å². The van der Waals surface area contributed by atoms with Gasteiger partial charge < -0.3 is 14.8 Å². The number of carbonyl (C=O) groups is 3. The van der Waals surface area contributed by atoms with Crippen molar-refractivity contribution >= 4 is 52.2 Å². The Morgan fingerprint density at radius 2 is 1.76 bits per heavy atom. The number of imide groups is 1. The van der Waals surface area contributed by atoms with E-state index in [1.54, 1.807) is 54.6 Å². The molecule has 1 saturated heterocycles. The zero-order valence-electron chi connectivity index (χ0n) is 20.3. The van der Waals surface area contributed by atoms with Crippen LogP contribution in [0.15, 0.2) is 71.6 Å². The molecule has 3 aromatic rings. The van der Waals surface area contributed by atoms with Gasteiger partial charge in [-0.3, -0.25) is 19.3 Å². The van der Waals surface area contributed by atoms with Crippen molar-refractivity contribution in [3.8, 4) is 11.5 Å². The summed E-state index contributed by atoms with van der Waals surface area (Å²) in [5.74, 6) is 0.376. The van der Waals surface area contributed by atoms with Crippen LogP contribution in [-0.2, 0) is 9.59 Å². The molecule has 37 heavy (non-hydrogen) atoms. The first-order chi connectivity index (χ1) is 17.8. The largest absolute Gasteiger partial charge is 0.490 e. The van der Waals surface area contributed by atoms with Gasteiger partial charge >= 0.3 is 0 Å². The quantitative estimate of drug-likeness (QED) is 0.333. The molecule has 3 aromatic carbocycles. The van der Waals surface area contributed by atoms with Crippen LogP contribution in [0, 0.1) is 13.8 Å². The highest BCUT2D eigenvalue weighted by Gasteiger charge is 2.34. The van der Waals surface area contributed by atoms with E-state index in [9.17, 15) is 14.4 Å². The number of nitrogens with zero attached hydrogens (tertiary/aromatic N) is 1. The monoisotopic (exact) mass is 536 g/mol. The Morgan fingerprint density at radius 3 is 2.51 bits per heavy atom. The van der Waals surface area contributed by atoms with Gasteiger partial charge in [0.15, 0.2) is 6.61 Å². The Bertz CT molecular complexity index is 1360. The number of amides is 3. The van der Waals surface area contributed by atoms with Crippen LogP contribution in [0.3, 0.4) is 0 Å². The summed E-state index contributed by atoms with van der Waals surface area (Å²) in [5.41, 5.74) is 3.59. The number of nitrogens with one attached hydrogen (secondary N) is 1. The first kappa shape index (κ1) is 26.3. The van der Waals surface area contributed by atoms with Crippen molar-refractivity contribution in [2.24, 2.45) is 0 Å². The average Bonchev–Trinajstić information content (AvgIpc) is 3.15. The average molecular weight is 537 g/mol. The third-order valence-corrected chi connectivity index (χ3v) is 6.93. The van der Waals surface area contributed by atoms with Crippen LogP contribution in [0.2, 0.25) is 5.02 Å². The Balaban J connectivity index is 1.29. The lowest BCUT2D eigenvalue weighted by Crippen LogP contribution is -2.32. The standard InChI is InChI=1S/C28H25ClN2O5S/c1-18-6-5-8-23(19(18)2)30-26(32)17-36-21-12-10-20(11-13-21)16-25-27(33)31(28(34)37-25)14-15-35-24-9-4-3-7-22(24)29/h3-13,16H,14-15,17H2,1-2H3,(H,30,32)/b25-16-. The summed E-state index contributed by atoms with van der Waals surface area (Å²) in [6, 6.07) is 19.7. The molecule has 1 N–H and O–H groups in total. The van der Waals surface area contributed by atoms with E-state index in [1.165, 1.54) is 0 Å². The zero-order valence-corrected chi connectivity index (χ0v) is 21.9. The number of hydrogen-bond donors (Lipinski definition) is 1. The minimum Gasteiger partial charge on any atom is -0.490 e. The fraction of sp³-hybridized carbons (Fsp3) is 0.179. The van der Waals surface area contributed by atoms with Gasteiger partial charge in [0.05, 0.1) is 16.5 Å². The Morgan fingerprint density at radius 1 is 1.00 bits per heavy atom. The van der Waals surface area contributed by atoms with E-state index < -0.39 is 0 Å². The fourth-order valence-corrected chi connectivity index (χ4v) is 4.59. The van der Waals surface area contributed by atoms with E-state index >= 15 is 0 Å². The molecule has 1 fully saturated rings. The number of hydrogen-bond acceptors (Lipinski definition) is 6. The Kier molecular flexibility index (Phi) is 8.53. The van der Waals surface area contributed by atoms with Crippen molar-refractivity contribution in [2.45, 2.75) is 13.8 Å². The smallest absolute Gasteiger partial charge is 0.293 e. The van der Waals surface area contributed by atoms with Crippen LogP contribution in [-0.4, -0.2) is 41.7 Å². The highest BCUT2D eigenvalue weighted by atomic mass is 35.5. The molecular formula is C28H25ClN2O5S. The van der Waals surface area contributed by atoms with Gasteiger partial charge in [0, 0.05) is 5.69 Å². The number of rotatable bonds is 9. The second kappa shape index (κ2) is 12.0. The molecule has 9 heteroatoms. The lowest BCUT2D eigenvalue weighted by atomic mass is 10.1. The number of ether oxygens (including phenoxy) is 2. The summed E-state index contributed by atoms with van der Waals surface area (Å²) in [5, 5.41) is 2.97. The topological polar surface area (TPSA) is 84.9 Å². The van der Waals surface area contributed by atoms with E-state index in [2.05, 4.69) is 5.32 Å². The summed E-state index contributed by atoms with van der Waals surface area (Å²) >= 11 is 6.95. The number of halogens is 1. The number of anilines is 1. The van der Waals surface area contributed by atoms with Crippen molar-refractivity contribution in [2.75, 3.05) is 25.1 Å². The molecule has 0 bridgehead atoms. The molecule has 1 heterocycles. The van der Waals surface area contributed by atoms with Gasteiger partial charge in [-0.2, -0.15) is 0 Å². The molecule has 0 spiro atoms. The third kappa shape index (κ3) is 6.72. The molecular weight excluding hydrogens is 512 g/mol. The molecule has 1 aliphatic rings. The second-order valence-corrected chi connectivity index (χ2v) is 9.67. The lowest BCUT2D eigenvalue weighted by molar-refractivity contribution is -0.123. The van der Waals surface area contributed by atoms with Gasteiger partial charge in [-0.1, -0.05) is 48.0 Å². The molecule has 0 aliphatic carbocycles. The van der Waals surface area contributed by atoms with Crippen molar-refractivity contribution in [3.05, 3.63) is 93.3 Å². The third-order valence-electron chi connectivity index (χ3n) is 5.71. The summed E-state index contributed by atoms with van der Waals surface area (Å²) in [7, 11) is 0. The van der Waals surface area contributed by atoms with E-state index in [4.69, 9.17) is 21.1 Å². The predicted molar refractivity (Wildman–Crippen MR) is 146 cm³/mol. The van der Waals surface area contributed by atoms with E-state index in [0.717, 1.165) is 39.0 Å². The Hall–Kier alpha value is -3.75. The zero-order chi connectivity index (χ0) is 26.4. The molecule has 0 radical (unpaired) electrons.